The molecule has 0 aliphatic heterocycles. The second-order valence-corrected chi connectivity index (χ2v) is 12.0. The predicted molar refractivity (Wildman–Crippen MR) is 176 cm³/mol. The minimum absolute atomic E-state index is 0.0384. The first kappa shape index (κ1) is 41.6. The molecule has 0 bridgehead atoms. The molecule has 0 saturated carbocycles. The number of carbonyl (C=O) groups is 4. The summed E-state index contributed by atoms with van der Waals surface area (Å²) in [4.78, 5) is 47.2. The number of unbranched alkanes of at least 4 members (excludes halogenated alkanes) is 15. The number of aliphatic hydroxyl groups is 1. The topological polar surface area (TPSA) is 142 Å². The summed E-state index contributed by atoms with van der Waals surface area (Å²) in [5.41, 5.74) is 0. The molecule has 0 aromatic heterocycles. The first-order valence-corrected chi connectivity index (χ1v) is 17.6. The van der Waals surface area contributed by atoms with Gasteiger partial charge in [0.15, 0.2) is 0 Å². The number of hydrogen-bond donors (Lipinski definition) is 4. The van der Waals surface area contributed by atoms with Gasteiger partial charge in [-0.25, -0.2) is 4.79 Å². The molecule has 9 nitrogen and oxygen atoms in total. The number of amides is 2. The number of carboxylic acid groups (broad SMARTS) is 1. The van der Waals surface area contributed by atoms with Crippen molar-refractivity contribution in [3.63, 3.8) is 0 Å². The Morgan fingerprint density at radius 1 is 0.659 bits per heavy atom. The van der Waals surface area contributed by atoms with Crippen molar-refractivity contribution in [1.29, 1.82) is 0 Å². The highest BCUT2D eigenvalue weighted by Crippen LogP contribution is 2.18. The van der Waals surface area contributed by atoms with Crippen LogP contribution >= 0.6 is 0 Å². The Morgan fingerprint density at radius 3 is 1.77 bits per heavy atom. The summed E-state index contributed by atoms with van der Waals surface area (Å²) in [5, 5.41) is 22.4. The Labute approximate surface area is 267 Å². The molecule has 44 heavy (non-hydrogen) atoms. The molecule has 0 fully saturated rings. The van der Waals surface area contributed by atoms with Crippen LogP contribution in [0.15, 0.2) is 12.2 Å². The Balaban J connectivity index is 4.21. The molecule has 0 saturated heterocycles. The first-order valence-electron chi connectivity index (χ1n) is 17.6. The van der Waals surface area contributed by atoms with Gasteiger partial charge in [-0.1, -0.05) is 103 Å². The third-order valence-electron chi connectivity index (χ3n) is 7.76. The highest BCUT2D eigenvalue weighted by molar-refractivity contribution is 5.87. The third kappa shape index (κ3) is 27.2. The van der Waals surface area contributed by atoms with Gasteiger partial charge in [-0.05, 0) is 57.8 Å². The van der Waals surface area contributed by atoms with Gasteiger partial charge >= 0.3 is 11.9 Å². The molecule has 2 unspecified atom stereocenters. The molecule has 0 spiro atoms. The SMILES string of the molecule is CCCC/C=C\CCCCCCCC(=O)OC(CCCCCCCC)CCCCCCC(=O)NCC(=O)NC(CO)C(=O)O. The molecule has 0 radical (unpaired) electrons. The number of hydrogen-bond acceptors (Lipinski definition) is 6. The molecule has 2 amide bonds. The van der Waals surface area contributed by atoms with Gasteiger partial charge in [0.25, 0.3) is 0 Å². The third-order valence-corrected chi connectivity index (χ3v) is 7.76. The van der Waals surface area contributed by atoms with Crippen LogP contribution in [0.2, 0.25) is 0 Å². The maximum absolute atomic E-state index is 12.6. The van der Waals surface area contributed by atoms with Crippen molar-refractivity contribution >= 4 is 23.8 Å². The van der Waals surface area contributed by atoms with Crippen molar-refractivity contribution in [1.82, 2.24) is 10.6 Å². The van der Waals surface area contributed by atoms with Crippen LogP contribution in [0.5, 0.6) is 0 Å². The van der Waals surface area contributed by atoms with E-state index in [1.54, 1.807) is 0 Å². The van der Waals surface area contributed by atoms with Crippen LogP contribution < -0.4 is 10.6 Å². The summed E-state index contributed by atoms with van der Waals surface area (Å²) in [6.07, 6.45) is 28.1. The lowest BCUT2D eigenvalue weighted by molar-refractivity contribution is -0.150. The number of aliphatic hydroxyl groups excluding tert-OH is 1. The van der Waals surface area contributed by atoms with Gasteiger partial charge in [0.1, 0.15) is 12.1 Å². The van der Waals surface area contributed by atoms with Crippen LogP contribution in [0.25, 0.3) is 0 Å². The van der Waals surface area contributed by atoms with Gasteiger partial charge in [-0.3, -0.25) is 14.4 Å². The zero-order chi connectivity index (χ0) is 32.7. The number of ether oxygens (including phenoxy) is 1. The van der Waals surface area contributed by atoms with Gasteiger partial charge in [-0.15, -0.1) is 0 Å². The van der Waals surface area contributed by atoms with Gasteiger partial charge in [0.05, 0.1) is 13.2 Å². The molecule has 256 valence electrons. The summed E-state index contributed by atoms with van der Waals surface area (Å²) in [5.74, 6) is -2.34. The minimum atomic E-state index is -1.38. The number of carbonyl (C=O) groups excluding carboxylic acids is 3. The van der Waals surface area contributed by atoms with Gasteiger partial charge in [0, 0.05) is 12.8 Å². The molecular formula is C35H64N2O7. The zero-order valence-electron chi connectivity index (χ0n) is 27.9. The van der Waals surface area contributed by atoms with Gasteiger partial charge < -0.3 is 25.6 Å². The Morgan fingerprint density at radius 2 is 1.18 bits per heavy atom. The normalized spacial score (nSPS) is 12.6. The van der Waals surface area contributed by atoms with E-state index in [9.17, 15) is 19.2 Å². The standard InChI is InChI=1S/C35H64N2O7/c1-3-5-7-9-11-12-13-14-15-17-23-27-34(41)44-30(24-20-16-10-8-6-4-2)25-21-18-19-22-26-32(39)36-28-33(40)37-31(29-38)35(42)43/h9,11,30-31,38H,3-8,10,12-29H2,1-2H3,(H,36,39)(H,37,40)(H,42,43)/b11-9-. The zero-order valence-corrected chi connectivity index (χ0v) is 27.9. The van der Waals surface area contributed by atoms with Crippen molar-refractivity contribution in [2.45, 2.75) is 174 Å². The molecule has 4 N–H and O–H groups in total. The molecule has 0 aromatic carbocycles. The van der Waals surface area contributed by atoms with Crippen LogP contribution in [0, 0.1) is 0 Å². The number of carboxylic acids is 1. The van der Waals surface area contributed by atoms with Gasteiger partial charge in [0.2, 0.25) is 11.8 Å². The average molecular weight is 625 g/mol. The van der Waals surface area contributed by atoms with Gasteiger partial charge in [-0.2, -0.15) is 0 Å². The summed E-state index contributed by atoms with van der Waals surface area (Å²) in [6.45, 7) is 3.39. The lowest BCUT2D eigenvalue weighted by atomic mass is 10.0. The van der Waals surface area contributed by atoms with Crippen LogP contribution in [0.1, 0.15) is 162 Å². The fraction of sp³-hybridized carbons (Fsp3) is 0.829. The molecule has 0 aliphatic carbocycles. The summed E-state index contributed by atoms with van der Waals surface area (Å²) < 4.78 is 5.92. The number of esters is 1. The maximum Gasteiger partial charge on any atom is 0.328 e. The van der Waals surface area contributed by atoms with E-state index >= 15 is 0 Å². The summed E-state index contributed by atoms with van der Waals surface area (Å²) in [6, 6.07) is -1.38. The van der Waals surface area contributed by atoms with Crippen LogP contribution in [0.3, 0.4) is 0 Å². The van der Waals surface area contributed by atoms with Crippen molar-refractivity contribution < 1.29 is 34.1 Å². The summed E-state index contributed by atoms with van der Waals surface area (Å²) >= 11 is 0. The van der Waals surface area contributed by atoms with Crippen LogP contribution in [0.4, 0.5) is 0 Å². The molecule has 2 atom stereocenters. The van der Waals surface area contributed by atoms with E-state index in [4.69, 9.17) is 14.9 Å². The molecular weight excluding hydrogens is 560 g/mol. The molecule has 9 heteroatoms. The fourth-order valence-corrected chi connectivity index (χ4v) is 4.99. The molecule has 0 aliphatic rings. The van der Waals surface area contributed by atoms with E-state index in [1.807, 2.05) is 0 Å². The lowest BCUT2D eigenvalue weighted by Gasteiger charge is -2.18. The average Bonchev–Trinajstić information content (AvgIpc) is 3.00. The number of rotatable bonds is 31. The number of allylic oxidation sites excluding steroid dienone is 2. The minimum Gasteiger partial charge on any atom is -0.480 e. The Hall–Kier alpha value is -2.42. The van der Waals surface area contributed by atoms with E-state index in [0.29, 0.717) is 12.8 Å². The number of nitrogens with one attached hydrogen (secondary N) is 2. The maximum atomic E-state index is 12.6. The van der Waals surface area contributed by atoms with E-state index < -0.39 is 24.5 Å². The second kappa shape index (κ2) is 30.6. The van der Waals surface area contributed by atoms with E-state index in [1.165, 1.54) is 64.2 Å². The number of aliphatic carboxylic acids is 1. The van der Waals surface area contributed by atoms with E-state index in [-0.39, 0.29) is 30.9 Å². The Kier molecular flexibility index (Phi) is 28.9. The molecule has 0 heterocycles. The predicted octanol–water partition coefficient (Wildman–Crippen LogP) is 7.14. The quantitative estimate of drug-likeness (QED) is 0.0365. The first-order chi connectivity index (χ1) is 21.3. The summed E-state index contributed by atoms with van der Waals surface area (Å²) in [7, 11) is 0. The highest BCUT2D eigenvalue weighted by atomic mass is 16.5. The Bertz CT molecular complexity index is 772. The fourth-order valence-electron chi connectivity index (χ4n) is 4.99. The largest absolute Gasteiger partial charge is 0.480 e. The molecule has 0 rings (SSSR count). The van der Waals surface area contributed by atoms with Crippen molar-refractivity contribution in [2.24, 2.45) is 0 Å². The van der Waals surface area contributed by atoms with Crippen LogP contribution in [-0.4, -0.2) is 59.3 Å². The molecule has 0 aromatic rings. The lowest BCUT2D eigenvalue weighted by Crippen LogP contribution is -2.47. The highest BCUT2D eigenvalue weighted by Gasteiger charge is 2.19. The van der Waals surface area contributed by atoms with E-state index in [0.717, 1.165) is 64.2 Å². The van der Waals surface area contributed by atoms with Crippen molar-refractivity contribution in [3.05, 3.63) is 12.2 Å². The van der Waals surface area contributed by atoms with Crippen LogP contribution in [-0.2, 0) is 23.9 Å². The van der Waals surface area contributed by atoms with E-state index in [2.05, 4.69) is 36.6 Å². The van der Waals surface area contributed by atoms with Crippen molar-refractivity contribution in [3.8, 4) is 0 Å². The van der Waals surface area contributed by atoms with Crippen molar-refractivity contribution in [2.75, 3.05) is 13.2 Å². The monoisotopic (exact) mass is 624 g/mol. The smallest absolute Gasteiger partial charge is 0.328 e. The second-order valence-electron chi connectivity index (χ2n) is 12.0.